The molecule has 3 rings (SSSR count). The molecule has 0 fully saturated rings. The fourth-order valence-electron chi connectivity index (χ4n) is 1.42. The summed E-state index contributed by atoms with van der Waals surface area (Å²) in [7, 11) is 0. The molecular weight excluding hydrogens is 304 g/mol. The van der Waals surface area contributed by atoms with E-state index in [1.165, 1.54) is 23.9 Å². The first kappa shape index (κ1) is 10.7. The van der Waals surface area contributed by atoms with Crippen LogP contribution in [0.5, 0.6) is 0 Å². The van der Waals surface area contributed by atoms with E-state index in [1.807, 2.05) is 18.2 Å². The van der Waals surface area contributed by atoms with Crippen LogP contribution in [0.1, 0.15) is 11.3 Å². The molecule has 2 aromatic rings. The molecule has 0 aliphatic carbocycles. The monoisotopic (exact) mass is 310 g/mol. The van der Waals surface area contributed by atoms with Gasteiger partial charge in [0.25, 0.3) is 6.29 Å². The van der Waals surface area contributed by atoms with Gasteiger partial charge >= 0.3 is 0 Å². The third-order valence-corrected chi connectivity index (χ3v) is 3.64. The van der Waals surface area contributed by atoms with Crippen molar-refractivity contribution < 1.29 is 9.47 Å². The predicted molar refractivity (Wildman–Crippen MR) is 67.1 cm³/mol. The molecule has 0 atom stereocenters. The van der Waals surface area contributed by atoms with Gasteiger partial charge in [0.1, 0.15) is 17.1 Å². The maximum atomic E-state index is 5.23. The summed E-state index contributed by atoms with van der Waals surface area (Å²) in [6.45, 7) is 0. The maximum absolute atomic E-state index is 5.23. The Kier molecular flexibility index (Phi) is 2.82. The Morgan fingerprint density at radius 2 is 2.06 bits per heavy atom. The largest absolute Gasteiger partial charge is 0.453 e. The lowest BCUT2D eigenvalue weighted by Crippen LogP contribution is -1.95. The second-order valence-corrected chi connectivity index (χ2v) is 5.16. The van der Waals surface area contributed by atoms with E-state index in [0.717, 1.165) is 20.2 Å². The van der Waals surface area contributed by atoms with Crippen molar-refractivity contribution in [3.63, 3.8) is 0 Å². The summed E-state index contributed by atoms with van der Waals surface area (Å²) < 4.78 is 11.3. The van der Waals surface area contributed by atoms with Crippen LogP contribution in [-0.2, 0) is 9.47 Å². The van der Waals surface area contributed by atoms with Crippen LogP contribution in [-0.4, -0.2) is 9.97 Å². The number of halogens is 1. The normalized spacial score (nSPS) is 14.6. The molecule has 0 saturated carbocycles. The van der Waals surface area contributed by atoms with Crippen LogP contribution < -0.4 is 0 Å². The molecule has 2 aromatic heterocycles. The second kappa shape index (κ2) is 4.46. The van der Waals surface area contributed by atoms with Crippen LogP contribution >= 0.6 is 27.3 Å². The van der Waals surface area contributed by atoms with Crippen molar-refractivity contribution in [1.82, 2.24) is 9.97 Å². The molecule has 0 unspecified atom stereocenters. The number of pyridine rings is 1. The zero-order valence-corrected chi connectivity index (χ0v) is 10.9. The summed E-state index contributed by atoms with van der Waals surface area (Å²) in [6.07, 6.45) is 4.40. The van der Waals surface area contributed by atoms with E-state index in [9.17, 15) is 0 Å². The standard InChI is InChI=1S/C11H7BrN2O2S/c12-9-3-1-2-7(14-9)8-6-13-10(17-8)11-15-4-5-16-11/h1-6,11H. The van der Waals surface area contributed by atoms with Gasteiger partial charge in [0, 0.05) is 6.20 Å². The molecule has 6 heteroatoms. The van der Waals surface area contributed by atoms with Crippen LogP contribution in [0.25, 0.3) is 10.6 Å². The summed E-state index contributed by atoms with van der Waals surface area (Å²) >= 11 is 4.85. The lowest BCUT2D eigenvalue weighted by Gasteiger charge is -2.04. The highest BCUT2D eigenvalue weighted by molar-refractivity contribution is 9.10. The molecule has 86 valence electrons. The van der Waals surface area contributed by atoms with Gasteiger partial charge in [0.15, 0.2) is 5.01 Å². The van der Waals surface area contributed by atoms with Gasteiger partial charge in [-0.25, -0.2) is 9.97 Å². The maximum Gasteiger partial charge on any atom is 0.292 e. The zero-order chi connectivity index (χ0) is 11.7. The second-order valence-electron chi connectivity index (χ2n) is 3.28. The van der Waals surface area contributed by atoms with Crippen molar-refractivity contribution in [2.45, 2.75) is 6.29 Å². The first-order valence-electron chi connectivity index (χ1n) is 4.87. The van der Waals surface area contributed by atoms with Crippen molar-refractivity contribution in [3.8, 4) is 10.6 Å². The minimum atomic E-state index is -0.416. The summed E-state index contributed by atoms with van der Waals surface area (Å²) in [5, 5.41) is 0.784. The van der Waals surface area contributed by atoms with E-state index >= 15 is 0 Å². The lowest BCUT2D eigenvalue weighted by molar-refractivity contribution is -0.0247. The van der Waals surface area contributed by atoms with Gasteiger partial charge < -0.3 is 9.47 Å². The Hall–Kier alpha value is -1.40. The van der Waals surface area contributed by atoms with E-state index in [-0.39, 0.29) is 0 Å². The summed E-state index contributed by atoms with van der Waals surface area (Å²) in [5.74, 6) is 0. The SMILES string of the molecule is Brc1cccc(-c2cnc(C3OC=CO3)s2)n1. The number of aromatic nitrogens is 2. The van der Waals surface area contributed by atoms with Crippen molar-refractivity contribution in [2.75, 3.05) is 0 Å². The number of ether oxygens (including phenoxy) is 2. The van der Waals surface area contributed by atoms with Gasteiger partial charge in [-0.2, -0.15) is 0 Å². The molecule has 0 radical (unpaired) electrons. The molecule has 0 bridgehead atoms. The molecule has 0 aromatic carbocycles. The van der Waals surface area contributed by atoms with Gasteiger partial charge in [-0.3, -0.25) is 0 Å². The quantitative estimate of drug-likeness (QED) is 0.797. The molecular formula is C11H7BrN2O2S. The number of rotatable bonds is 2. The third-order valence-electron chi connectivity index (χ3n) is 2.15. The summed E-state index contributed by atoms with van der Waals surface area (Å²) in [5.41, 5.74) is 0.883. The topological polar surface area (TPSA) is 44.2 Å². The summed E-state index contributed by atoms with van der Waals surface area (Å²) in [6, 6.07) is 5.77. The molecule has 0 spiro atoms. The van der Waals surface area contributed by atoms with Gasteiger partial charge in [-0.1, -0.05) is 6.07 Å². The lowest BCUT2D eigenvalue weighted by atomic mass is 10.3. The zero-order valence-electron chi connectivity index (χ0n) is 8.54. The van der Waals surface area contributed by atoms with Crippen molar-refractivity contribution >= 4 is 27.3 Å². The van der Waals surface area contributed by atoms with Crippen molar-refractivity contribution in [1.29, 1.82) is 0 Å². The Morgan fingerprint density at radius 3 is 2.82 bits per heavy atom. The minimum Gasteiger partial charge on any atom is -0.453 e. The number of thiazole rings is 1. The highest BCUT2D eigenvalue weighted by atomic mass is 79.9. The van der Waals surface area contributed by atoms with E-state index in [4.69, 9.17) is 9.47 Å². The third kappa shape index (κ3) is 2.18. The van der Waals surface area contributed by atoms with Gasteiger partial charge in [0.2, 0.25) is 0 Å². The van der Waals surface area contributed by atoms with Crippen molar-refractivity contribution in [3.05, 3.63) is 46.5 Å². The Bertz CT molecular complexity index is 562. The van der Waals surface area contributed by atoms with Crippen LogP contribution in [0.4, 0.5) is 0 Å². The average Bonchev–Trinajstić information content (AvgIpc) is 3.00. The molecule has 0 saturated heterocycles. The first-order valence-corrected chi connectivity index (χ1v) is 6.48. The van der Waals surface area contributed by atoms with Crippen molar-refractivity contribution in [2.24, 2.45) is 0 Å². The molecule has 0 N–H and O–H groups in total. The smallest absolute Gasteiger partial charge is 0.292 e. The molecule has 1 aliphatic rings. The molecule has 1 aliphatic heterocycles. The summed E-state index contributed by atoms with van der Waals surface area (Å²) in [4.78, 5) is 9.64. The molecule has 0 amide bonds. The fourth-order valence-corrected chi connectivity index (χ4v) is 2.62. The van der Waals surface area contributed by atoms with Crippen LogP contribution in [0.3, 0.4) is 0 Å². The van der Waals surface area contributed by atoms with E-state index in [0.29, 0.717) is 0 Å². The number of hydrogen-bond acceptors (Lipinski definition) is 5. The molecule has 17 heavy (non-hydrogen) atoms. The van der Waals surface area contributed by atoms with Gasteiger partial charge in [0.05, 0.1) is 10.6 Å². The van der Waals surface area contributed by atoms with E-state index in [1.54, 1.807) is 6.20 Å². The number of hydrogen-bond donors (Lipinski definition) is 0. The van der Waals surface area contributed by atoms with E-state index < -0.39 is 6.29 Å². The van der Waals surface area contributed by atoms with Gasteiger partial charge in [-0.15, -0.1) is 11.3 Å². The Morgan fingerprint density at radius 1 is 1.24 bits per heavy atom. The Balaban J connectivity index is 1.89. The van der Waals surface area contributed by atoms with Gasteiger partial charge in [-0.05, 0) is 28.1 Å². The van der Waals surface area contributed by atoms with Crippen LogP contribution in [0.2, 0.25) is 0 Å². The predicted octanol–water partition coefficient (Wildman–Crippen LogP) is 3.48. The highest BCUT2D eigenvalue weighted by Gasteiger charge is 2.20. The highest BCUT2D eigenvalue weighted by Crippen LogP contribution is 2.32. The molecule has 4 nitrogen and oxygen atoms in total. The first-order chi connectivity index (χ1) is 8.33. The molecule has 3 heterocycles. The van der Waals surface area contributed by atoms with Crippen LogP contribution in [0, 0.1) is 0 Å². The van der Waals surface area contributed by atoms with E-state index in [2.05, 4.69) is 25.9 Å². The average molecular weight is 311 g/mol. The minimum absolute atomic E-state index is 0.416. The van der Waals surface area contributed by atoms with Crippen LogP contribution in [0.15, 0.2) is 41.5 Å². The Labute approximate surface area is 110 Å². The fraction of sp³-hybridized carbons (Fsp3) is 0.0909. The number of nitrogens with zero attached hydrogens (tertiary/aromatic N) is 2.